The van der Waals surface area contributed by atoms with Gasteiger partial charge in [0.05, 0.1) is 0 Å². The van der Waals surface area contributed by atoms with Gasteiger partial charge in [-0.2, -0.15) is 0 Å². The van der Waals surface area contributed by atoms with E-state index < -0.39 is 0 Å². The van der Waals surface area contributed by atoms with Crippen LogP contribution in [0.4, 0.5) is 0 Å². The van der Waals surface area contributed by atoms with Gasteiger partial charge < -0.3 is 0 Å². The SMILES string of the molecule is Cc1ccc(C2(C(C)C)CCCC2)cc1. The molecule has 0 bridgehead atoms. The van der Waals surface area contributed by atoms with Crippen molar-refractivity contribution in [2.24, 2.45) is 5.92 Å². The fourth-order valence-corrected chi connectivity index (χ4v) is 3.09. The molecule has 1 aliphatic rings. The fourth-order valence-electron chi connectivity index (χ4n) is 3.09. The van der Waals surface area contributed by atoms with Crippen LogP contribution in [0.1, 0.15) is 50.7 Å². The van der Waals surface area contributed by atoms with Crippen LogP contribution in [0.5, 0.6) is 0 Å². The molecule has 0 aromatic heterocycles. The molecule has 0 N–H and O–H groups in total. The van der Waals surface area contributed by atoms with E-state index in [0.717, 1.165) is 5.92 Å². The summed E-state index contributed by atoms with van der Waals surface area (Å²) in [5.41, 5.74) is 3.42. The summed E-state index contributed by atoms with van der Waals surface area (Å²) >= 11 is 0. The van der Waals surface area contributed by atoms with E-state index >= 15 is 0 Å². The van der Waals surface area contributed by atoms with Crippen molar-refractivity contribution in [3.05, 3.63) is 35.4 Å². The number of hydrogen-bond acceptors (Lipinski definition) is 0. The third kappa shape index (κ3) is 1.82. The minimum absolute atomic E-state index is 0.480. The molecule has 0 radical (unpaired) electrons. The average Bonchev–Trinajstić information content (AvgIpc) is 2.69. The molecule has 0 unspecified atom stereocenters. The Hall–Kier alpha value is -0.780. The van der Waals surface area contributed by atoms with Gasteiger partial charge in [0, 0.05) is 0 Å². The highest BCUT2D eigenvalue weighted by Gasteiger charge is 2.38. The van der Waals surface area contributed by atoms with Crippen molar-refractivity contribution in [1.29, 1.82) is 0 Å². The maximum atomic E-state index is 2.38. The van der Waals surface area contributed by atoms with E-state index in [9.17, 15) is 0 Å². The second-order valence-corrected chi connectivity index (χ2v) is 5.38. The van der Waals surface area contributed by atoms with Crippen molar-refractivity contribution in [3.8, 4) is 0 Å². The first-order valence-electron chi connectivity index (χ1n) is 6.22. The number of hydrogen-bond donors (Lipinski definition) is 0. The Kier molecular flexibility index (Phi) is 2.86. The Morgan fingerprint density at radius 2 is 1.53 bits per heavy atom. The number of rotatable bonds is 2. The van der Waals surface area contributed by atoms with Crippen molar-refractivity contribution >= 4 is 0 Å². The van der Waals surface area contributed by atoms with Gasteiger partial charge in [-0.1, -0.05) is 56.5 Å². The summed E-state index contributed by atoms with van der Waals surface area (Å²) in [6.07, 6.45) is 5.58. The summed E-state index contributed by atoms with van der Waals surface area (Å²) in [7, 11) is 0. The third-order valence-electron chi connectivity index (χ3n) is 4.23. The summed E-state index contributed by atoms with van der Waals surface area (Å²) in [6.45, 7) is 6.93. The minimum Gasteiger partial charge on any atom is -0.0619 e. The summed E-state index contributed by atoms with van der Waals surface area (Å²) in [4.78, 5) is 0. The van der Waals surface area contributed by atoms with Crippen molar-refractivity contribution in [2.45, 2.75) is 51.9 Å². The first-order chi connectivity index (χ1) is 7.15. The molecule has 0 heterocycles. The molecule has 2 rings (SSSR count). The Morgan fingerprint density at radius 1 is 1.00 bits per heavy atom. The van der Waals surface area contributed by atoms with Crippen molar-refractivity contribution in [1.82, 2.24) is 0 Å². The monoisotopic (exact) mass is 202 g/mol. The fraction of sp³-hybridized carbons (Fsp3) is 0.600. The van der Waals surface area contributed by atoms with Gasteiger partial charge in [-0.3, -0.25) is 0 Å². The molecular formula is C15H22. The molecule has 0 aliphatic heterocycles. The third-order valence-corrected chi connectivity index (χ3v) is 4.23. The average molecular weight is 202 g/mol. The topological polar surface area (TPSA) is 0 Å². The lowest BCUT2D eigenvalue weighted by Crippen LogP contribution is -2.28. The maximum Gasteiger partial charge on any atom is -0.00240 e. The Bertz CT molecular complexity index is 312. The maximum absolute atomic E-state index is 2.38. The molecule has 1 aliphatic carbocycles. The van der Waals surface area contributed by atoms with Crippen molar-refractivity contribution in [3.63, 3.8) is 0 Å². The van der Waals surface area contributed by atoms with E-state index in [4.69, 9.17) is 0 Å². The predicted octanol–water partition coefficient (Wildman–Crippen LogP) is 4.46. The first-order valence-corrected chi connectivity index (χ1v) is 6.22. The van der Waals surface area contributed by atoms with Gasteiger partial charge in [-0.05, 0) is 36.7 Å². The van der Waals surface area contributed by atoms with E-state index in [1.165, 1.54) is 31.2 Å². The van der Waals surface area contributed by atoms with Gasteiger partial charge in [0.2, 0.25) is 0 Å². The van der Waals surface area contributed by atoms with E-state index in [1.807, 2.05) is 0 Å². The zero-order valence-corrected chi connectivity index (χ0v) is 10.2. The summed E-state index contributed by atoms with van der Waals surface area (Å²) in [5, 5.41) is 0. The lowest BCUT2D eigenvalue weighted by molar-refractivity contribution is 0.314. The highest BCUT2D eigenvalue weighted by Crippen LogP contribution is 2.46. The molecule has 0 saturated heterocycles. The Labute approximate surface area is 93.7 Å². The number of aryl methyl sites for hydroxylation is 1. The number of benzene rings is 1. The molecule has 1 fully saturated rings. The zero-order valence-electron chi connectivity index (χ0n) is 10.2. The molecule has 1 aromatic rings. The van der Waals surface area contributed by atoms with Gasteiger partial charge >= 0.3 is 0 Å². The molecule has 82 valence electrons. The van der Waals surface area contributed by atoms with Gasteiger partial charge in [0.1, 0.15) is 0 Å². The molecule has 0 amide bonds. The van der Waals surface area contributed by atoms with Gasteiger partial charge in [-0.25, -0.2) is 0 Å². The van der Waals surface area contributed by atoms with Crippen LogP contribution >= 0.6 is 0 Å². The first kappa shape index (κ1) is 10.7. The highest BCUT2D eigenvalue weighted by molar-refractivity contribution is 5.30. The van der Waals surface area contributed by atoms with Crippen LogP contribution in [-0.2, 0) is 5.41 Å². The normalized spacial score (nSPS) is 19.7. The minimum atomic E-state index is 0.480. The second kappa shape index (κ2) is 4.00. The van der Waals surface area contributed by atoms with Crippen LogP contribution in [0.2, 0.25) is 0 Å². The molecule has 0 atom stereocenters. The molecule has 1 saturated carbocycles. The molecule has 0 nitrogen and oxygen atoms in total. The standard InChI is InChI=1S/C15H22/c1-12(2)15(10-4-5-11-15)14-8-6-13(3)7-9-14/h6-9,12H,4-5,10-11H2,1-3H3. The predicted molar refractivity (Wildman–Crippen MR) is 66.2 cm³/mol. The van der Waals surface area contributed by atoms with Crippen LogP contribution in [-0.4, -0.2) is 0 Å². The molecule has 15 heavy (non-hydrogen) atoms. The smallest absolute Gasteiger partial charge is 0.00240 e. The van der Waals surface area contributed by atoms with Crippen LogP contribution in [0.15, 0.2) is 24.3 Å². The van der Waals surface area contributed by atoms with E-state index in [-0.39, 0.29) is 0 Å². The van der Waals surface area contributed by atoms with Crippen LogP contribution in [0.25, 0.3) is 0 Å². The van der Waals surface area contributed by atoms with Crippen LogP contribution in [0.3, 0.4) is 0 Å². The van der Waals surface area contributed by atoms with Gasteiger partial charge in [-0.15, -0.1) is 0 Å². The Morgan fingerprint density at radius 3 is 2.00 bits per heavy atom. The lowest BCUT2D eigenvalue weighted by Gasteiger charge is -2.34. The van der Waals surface area contributed by atoms with Crippen LogP contribution < -0.4 is 0 Å². The second-order valence-electron chi connectivity index (χ2n) is 5.38. The zero-order chi connectivity index (χ0) is 10.9. The summed E-state index contributed by atoms with van der Waals surface area (Å²) in [5.74, 6) is 0.766. The van der Waals surface area contributed by atoms with Crippen molar-refractivity contribution in [2.75, 3.05) is 0 Å². The molecule has 1 aromatic carbocycles. The van der Waals surface area contributed by atoms with Crippen LogP contribution in [0, 0.1) is 12.8 Å². The van der Waals surface area contributed by atoms with Gasteiger partial charge in [0.25, 0.3) is 0 Å². The molecular weight excluding hydrogens is 180 g/mol. The summed E-state index contributed by atoms with van der Waals surface area (Å²) < 4.78 is 0. The van der Waals surface area contributed by atoms with E-state index in [0.29, 0.717) is 5.41 Å². The largest absolute Gasteiger partial charge is 0.0619 e. The molecule has 0 heteroatoms. The quantitative estimate of drug-likeness (QED) is 0.664. The summed E-state index contributed by atoms with van der Waals surface area (Å²) in [6, 6.07) is 9.22. The van der Waals surface area contributed by atoms with Crippen molar-refractivity contribution < 1.29 is 0 Å². The molecule has 0 spiro atoms. The highest BCUT2D eigenvalue weighted by atomic mass is 14.4. The lowest BCUT2D eigenvalue weighted by atomic mass is 9.70. The Balaban J connectivity index is 2.36. The van der Waals surface area contributed by atoms with E-state index in [2.05, 4.69) is 45.0 Å². The van der Waals surface area contributed by atoms with Gasteiger partial charge in [0.15, 0.2) is 0 Å². The van der Waals surface area contributed by atoms with E-state index in [1.54, 1.807) is 5.56 Å².